The summed E-state index contributed by atoms with van der Waals surface area (Å²) >= 11 is 0. The third-order valence-electron chi connectivity index (χ3n) is 7.83. The van der Waals surface area contributed by atoms with E-state index in [2.05, 4.69) is 41.5 Å². The van der Waals surface area contributed by atoms with Crippen molar-refractivity contribution in [3.8, 4) is 0 Å². The van der Waals surface area contributed by atoms with E-state index >= 15 is 0 Å². The predicted octanol–water partition coefficient (Wildman–Crippen LogP) is 9.10. The molecule has 1 saturated carbocycles. The highest BCUT2D eigenvalue weighted by Crippen LogP contribution is 2.64. The van der Waals surface area contributed by atoms with E-state index in [9.17, 15) is 0 Å². The van der Waals surface area contributed by atoms with Crippen LogP contribution < -0.4 is 0 Å². The lowest BCUT2D eigenvalue weighted by Crippen LogP contribution is -2.48. The van der Waals surface area contributed by atoms with Crippen LogP contribution in [0.4, 0.5) is 0 Å². The average Bonchev–Trinajstić information content (AvgIpc) is 2.53. The lowest BCUT2D eigenvalue weighted by molar-refractivity contribution is 0.0484. The highest BCUT2D eigenvalue weighted by atomic mass is 14.6. The smallest absolute Gasteiger partial charge is 0.0113 e. The topological polar surface area (TPSA) is 0 Å². The van der Waals surface area contributed by atoms with Crippen molar-refractivity contribution in [1.82, 2.24) is 0 Å². The molecule has 0 amide bonds. The van der Waals surface area contributed by atoms with E-state index in [1.165, 1.54) is 89.9 Å². The van der Waals surface area contributed by atoms with Crippen molar-refractivity contribution >= 4 is 0 Å². The zero-order valence-corrected chi connectivity index (χ0v) is 19.1. The van der Waals surface area contributed by atoms with Gasteiger partial charge in [0.25, 0.3) is 0 Å². The van der Waals surface area contributed by atoms with Crippen LogP contribution in [0.15, 0.2) is 11.1 Å². The molecule has 0 heterocycles. The summed E-state index contributed by atoms with van der Waals surface area (Å²) in [7, 11) is 0. The van der Waals surface area contributed by atoms with Gasteiger partial charge in [-0.25, -0.2) is 0 Å². The van der Waals surface area contributed by atoms with Gasteiger partial charge in [-0.3, -0.25) is 0 Å². The first-order valence-electron chi connectivity index (χ1n) is 12.1. The minimum atomic E-state index is 0.515. The van der Waals surface area contributed by atoms with E-state index < -0.39 is 0 Å². The molecule has 0 nitrogen and oxygen atoms in total. The van der Waals surface area contributed by atoms with Gasteiger partial charge in [0.15, 0.2) is 0 Å². The van der Waals surface area contributed by atoms with Crippen molar-refractivity contribution in [1.29, 1.82) is 0 Å². The number of rotatable bonds is 8. The third kappa shape index (κ3) is 5.17. The second-order valence-electron chi connectivity index (χ2n) is 10.7. The normalized spacial score (nSPS) is 27.9. The van der Waals surface area contributed by atoms with Gasteiger partial charge >= 0.3 is 0 Å². The molecule has 0 aromatic carbocycles. The summed E-state index contributed by atoms with van der Waals surface area (Å²) in [5.74, 6) is 1.99. The molecule has 2 bridgehead atoms. The van der Waals surface area contributed by atoms with Gasteiger partial charge in [-0.2, -0.15) is 0 Å². The molecule has 4 aliphatic carbocycles. The fourth-order valence-corrected chi connectivity index (χ4v) is 5.93. The van der Waals surface area contributed by atoms with Gasteiger partial charge in [0.1, 0.15) is 0 Å². The Morgan fingerprint density at radius 3 is 1.73 bits per heavy atom. The van der Waals surface area contributed by atoms with Crippen molar-refractivity contribution < 1.29 is 0 Å². The lowest BCUT2D eigenvalue weighted by Gasteiger charge is -2.59. The Balaban J connectivity index is 0.000000199. The van der Waals surface area contributed by atoms with Crippen molar-refractivity contribution in [2.24, 2.45) is 22.7 Å². The summed E-state index contributed by atoms with van der Waals surface area (Å²) in [5, 5.41) is 0. The summed E-state index contributed by atoms with van der Waals surface area (Å²) in [4.78, 5) is 0. The minimum absolute atomic E-state index is 0.515. The second kappa shape index (κ2) is 9.79. The molecule has 4 aliphatic rings. The Bertz CT molecular complexity index is 437. The molecule has 0 unspecified atom stereocenters. The Hall–Kier alpha value is -0.260. The first kappa shape index (κ1) is 22.0. The number of unbranched alkanes of at least 4 members (excludes halogenated alkanes) is 8. The monoisotopic (exact) mass is 360 g/mol. The molecule has 0 atom stereocenters. The molecule has 0 radical (unpaired) electrons. The van der Waals surface area contributed by atoms with Crippen LogP contribution in [-0.2, 0) is 0 Å². The van der Waals surface area contributed by atoms with Crippen molar-refractivity contribution in [3.63, 3.8) is 0 Å². The number of hydrogen-bond acceptors (Lipinski definition) is 0. The molecule has 4 rings (SSSR count). The lowest BCUT2D eigenvalue weighted by atomic mass is 9.46. The van der Waals surface area contributed by atoms with Crippen LogP contribution in [0.25, 0.3) is 0 Å². The molecule has 0 aromatic rings. The largest absolute Gasteiger partial charge is 0.0654 e. The van der Waals surface area contributed by atoms with Gasteiger partial charge < -0.3 is 0 Å². The van der Waals surface area contributed by atoms with Crippen molar-refractivity contribution in [2.45, 2.75) is 131 Å². The van der Waals surface area contributed by atoms with Crippen molar-refractivity contribution in [3.05, 3.63) is 11.1 Å². The molecule has 0 N–H and O–H groups in total. The summed E-state index contributed by atoms with van der Waals surface area (Å²) in [6.45, 7) is 14.5. The van der Waals surface area contributed by atoms with Gasteiger partial charge in [-0.15, -0.1) is 0 Å². The molecule has 0 saturated heterocycles. The summed E-state index contributed by atoms with van der Waals surface area (Å²) in [6, 6.07) is 0. The van der Waals surface area contributed by atoms with Crippen LogP contribution >= 0.6 is 0 Å². The molecule has 152 valence electrons. The van der Waals surface area contributed by atoms with E-state index in [4.69, 9.17) is 0 Å². The second-order valence-corrected chi connectivity index (χ2v) is 10.7. The fourth-order valence-electron chi connectivity index (χ4n) is 5.93. The first-order valence-corrected chi connectivity index (χ1v) is 12.1. The Labute approximate surface area is 165 Å². The zero-order valence-electron chi connectivity index (χ0n) is 19.1. The highest BCUT2D eigenvalue weighted by Gasteiger charge is 2.53. The third-order valence-corrected chi connectivity index (χ3v) is 7.83. The first-order chi connectivity index (χ1) is 12.3. The van der Waals surface area contributed by atoms with Crippen LogP contribution in [0.3, 0.4) is 0 Å². The molecular weight excluding hydrogens is 312 g/mol. The predicted molar refractivity (Wildman–Crippen MR) is 118 cm³/mol. The van der Waals surface area contributed by atoms with Gasteiger partial charge in [0.05, 0.1) is 0 Å². The van der Waals surface area contributed by atoms with Crippen LogP contribution in [0.5, 0.6) is 0 Å². The van der Waals surface area contributed by atoms with Crippen LogP contribution in [0.1, 0.15) is 131 Å². The van der Waals surface area contributed by atoms with E-state index in [0.29, 0.717) is 10.8 Å². The molecule has 0 heteroatoms. The Morgan fingerprint density at radius 2 is 1.27 bits per heavy atom. The fraction of sp³-hybridized carbons (Fsp3) is 0.923. The van der Waals surface area contributed by atoms with Gasteiger partial charge in [0.2, 0.25) is 0 Å². The maximum atomic E-state index is 2.50. The van der Waals surface area contributed by atoms with E-state index in [1.807, 2.05) is 11.1 Å². The summed E-state index contributed by atoms with van der Waals surface area (Å²) in [5.41, 5.74) is 4.80. The van der Waals surface area contributed by atoms with Gasteiger partial charge in [0, 0.05) is 0 Å². The quantitative estimate of drug-likeness (QED) is 0.299. The number of allylic oxidation sites excluding steroid dienone is 2. The molecule has 1 fully saturated rings. The van der Waals surface area contributed by atoms with Crippen LogP contribution in [-0.4, -0.2) is 0 Å². The maximum Gasteiger partial charge on any atom is -0.0113 e. The van der Waals surface area contributed by atoms with Crippen LogP contribution in [0, 0.1) is 22.7 Å². The average molecular weight is 361 g/mol. The molecular formula is C26H48. The molecule has 26 heavy (non-hydrogen) atoms. The van der Waals surface area contributed by atoms with E-state index in [-0.39, 0.29) is 0 Å². The summed E-state index contributed by atoms with van der Waals surface area (Å²) < 4.78 is 0. The molecule has 0 aromatic heterocycles. The van der Waals surface area contributed by atoms with Crippen molar-refractivity contribution in [2.75, 3.05) is 0 Å². The SMILES string of the molecule is CC1(C)CCCC2=C1C1CC(C1)C2(C)C.CCCCCCCCCCC. The highest BCUT2D eigenvalue weighted by molar-refractivity contribution is 5.37. The standard InChI is InChI=1S/C15H24.C11H24/c1-14(2)7-5-6-12-13(14)10-8-11(9-10)15(12,3)4;1-3-5-7-9-11-10-8-6-4-2/h10-11H,5-9H2,1-4H3;3-11H2,1-2H3. The zero-order chi connectivity index (χ0) is 19.2. The van der Waals surface area contributed by atoms with Crippen LogP contribution in [0.2, 0.25) is 0 Å². The molecule has 0 aliphatic heterocycles. The Morgan fingerprint density at radius 1 is 0.769 bits per heavy atom. The maximum absolute atomic E-state index is 2.50. The van der Waals surface area contributed by atoms with Gasteiger partial charge in [-0.05, 0) is 54.8 Å². The Kier molecular flexibility index (Phi) is 8.30. The van der Waals surface area contributed by atoms with E-state index in [1.54, 1.807) is 0 Å². The molecule has 0 spiro atoms. The number of hydrogen-bond donors (Lipinski definition) is 0. The van der Waals surface area contributed by atoms with Gasteiger partial charge in [-0.1, -0.05) is 110 Å². The summed E-state index contributed by atoms with van der Waals surface area (Å²) in [6.07, 6.45) is 20.2. The minimum Gasteiger partial charge on any atom is -0.0654 e. The van der Waals surface area contributed by atoms with E-state index in [0.717, 1.165) is 11.8 Å².